The highest BCUT2D eigenvalue weighted by Gasteiger charge is 2.42. The molecule has 60 heavy (non-hydrogen) atoms. The Hall–Kier alpha value is -4.54. The van der Waals surface area contributed by atoms with E-state index in [4.69, 9.17) is 33.2 Å². The van der Waals surface area contributed by atoms with Crippen LogP contribution in [0.1, 0.15) is 120 Å². The molecule has 17 heteroatoms. The smallest absolute Gasteiger partial charge is 0.407 e. The van der Waals surface area contributed by atoms with E-state index in [1.165, 1.54) is 13.8 Å². The molecule has 0 saturated heterocycles. The molecule has 2 fully saturated rings. The lowest BCUT2D eigenvalue weighted by atomic mass is 9.62. The lowest BCUT2D eigenvalue weighted by Gasteiger charge is -2.46. The number of carbonyl (C=O) groups excluding carboxylic acids is 6. The van der Waals surface area contributed by atoms with Crippen molar-refractivity contribution >= 4 is 36.3 Å². The highest BCUT2D eigenvalue weighted by atomic mass is 16.6. The molecule has 2 aliphatic carbocycles. The van der Waals surface area contributed by atoms with Crippen LogP contribution in [0.5, 0.6) is 0 Å². The number of ether oxygens (including phenoxy) is 7. The lowest BCUT2D eigenvalue weighted by molar-refractivity contribution is -0.140. The van der Waals surface area contributed by atoms with Crippen molar-refractivity contribution in [1.29, 1.82) is 0 Å². The van der Waals surface area contributed by atoms with Gasteiger partial charge in [-0.15, -0.1) is 0 Å². The van der Waals surface area contributed by atoms with E-state index in [1.807, 2.05) is 20.8 Å². The summed E-state index contributed by atoms with van der Waals surface area (Å²) in [6.07, 6.45) is 3.80. The zero-order chi connectivity index (χ0) is 45.1. The summed E-state index contributed by atoms with van der Waals surface area (Å²) < 4.78 is 37.3. The number of nitrogens with one attached hydrogen (secondary N) is 4. The van der Waals surface area contributed by atoms with Gasteiger partial charge in [-0.2, -0.15) is 0 Å². The van der Waals surface area contributed by atoms with Crippen LogP contribution in [0.2, 0.25) is 0 Å². The first-order valence-corrected chi connectivity index (χ1v) is 20.9. The maximum Gasteiger partial charge on any atom is 0.407 e. The minimum atomic E-state index is -0.815. The van der Waals surface area contributed by atoms with E-state index in [2.05, 4.69) is 62.1 Å². The molecule has 342 valence electrons. The molecule has 2 rings (SSSR count). The monoisotopic (exact) mass is 853 g/mol. The van der Waals surface area contributed by atoms with Crippen molar-refractivity contribution in [3.8, 4) is 0 Å². The van der Waals surface area contributed by atoms with Gasteiger partial charge in [-0.25, -0.2) is 28.8 Å². The average molecular weight is 853 g/mol. The quantitative estimate of drug-likeness (QED) is 0.0390. The Kier molecular flexibility index (Phi) is 20.7. The third-order valence-corrected chi connectivity index (χ3v) is 10.5. The summed E-state index contributed by atoms with van der Waals surface area (Å²) in [5.74, 6) is -1.08. The van der Waals surface area contributed by atoms with Crippen molar-refractivity contribution in [3.05, 3.63) is 24.3 Å². The van der Waals surface area contributed by atoms with Crippen molar-refractivity contribution in [2.45, 2.75) is 144 Å². The second-order valence-corrected chi connectivity index (χ2v) is 18.5. The molecule has 0 radical (unpaired) electrons. The van der Waals surface area contributed by atoms with E-state index < -0.39 is 41.9 Å². The van der Waals surface area contributed by atoms with Gasteiger partial charge < -0.3 is 54.4 Å². The van der Waals surface area contributed by atoms with E-state index in [-0.39, 0.29) is 78.6 Å². The zero-order valence-electron chi connectivity index (χ0n) is 37.5. The minimum absolute atomic E-state index is 0.0563. The predicted molar refractivity (Wildman–Crippen MR) is 223 cm³/mol. The van der Waals surface area contributed by atoms with Crippen LogP contribution in [0.4, 0.5) is 19.2 Å². The van der Waals surface area contributed by atoms with Gasteiger partial charge in [0.1, 0.15) is 32.0 Å². The molecule has 17 nitrogen and oxygen atoms in total. The molecular formula is C43H72N4O13. The Morgan fingerprint density at radius 3 is 1.75 bits per heavy atom. The maximum atomic E-state index is 12.9. The fourth-order valence-electron chi connectivity index (χ4n) is 7.80. The van der Waals surface area contributed by atoms with Crippen LogP contribution in [-0.2, 0) is 42.7 Å². The van der Waals surface area contributed by atoms with Crippen LogP contribution in [0.25, 0.3) is 0 Å². The van der Waals surface area contributed by atoms with Gasteiger partial charge in [-0.3, -0.25) is 0 Å². The van der Waals surface area contributed by atoms with Gasteiger partial charge in [0.2, 0.25) is 0 Å². The van der Waals surface area contributed by atoms with Gasteiger partial charge in [-0.1, -0.05) is 47.3 Å². The first-order chi connectivity index (χ1) is 27.9. The molecule has 0 heterocycles. The molecule has 4 N–H and O–H groups in total. The zero-order valence-corrected chi connectivity index (χ0v) is 37.5. The van der Waals surface area contributed by atoms with Crippen molar-refractivity contribution in [2.75, 3.05) is 52.7 Å². The largest absolute Gasteiger partial charge is 0.459 e. The van der Waals surface area contributed by atoms with Gasteiger partial charge in [0.25, 0.3) is 0 Å². The summed E-state index contributed by atoms with van der Waals surface area (Å²) in [6, 6.07) is -0.301. The predicted octanol–water partition coefficient (Wildman–Crippen LogP) is 6.63. The summed E-state index contributed by atoms with van der Waals surface area (Å²) in [5.41, 5.74) is -0.960. The van der Waals surface area contributed by atoms with E-state index in [0.717, 1.165) is 32.1 Å². The molecule has 2 saturated carbocycles. The molecule has 0 spiro atoms. The topological polar surface area (TPSA) is 215 Å². The van der Waals surface area contributed by atoms with Gasteiger partial charge in [0, 0.05) is 49.2 Å². The Labute approximate surface area is 356 Å². The molecule has 0 aromatic rings. The number of esters is 2. The van der Waals surface area contributed by atoms with E-state index in [9.17, 15) is 28.8 Å². The molecule has 5 atom stereocenters. The molecule has 0 bridgehead atoms. The Morgan fingerprint density at radius 2 is 1.17 bits per heavy atom. The summed E-state index contributed by atoms with van der Waals surface area (Å²) in [7, 11) is 0. The molecule has 5 unspecified atom stereocenters. The Morgan fingerprint density at radius 1 is 0.667 bits per heavy atom. The first-order valence-electron chi connectivity index (χ1n) is 20.9. The average Bonchev–Trinajstić information content (AvgIpc) is 3.12. The number of rotatable bonds is 22. The van der Waals surface area contributed by atoms with Crippen LogP contribution in [-0.4, -0.2) is 113 Å². The number of amides is 4. The molecular weight excluding hydrogens is 780 g/mol. The molecule has 4 amide bonds. The fraction of sp³-hybridized carbons (Fsp3) is 0.767. The summed E-state index contributed by atoms with van der Waals surface area (Å²) >= 11 is 0. The van der Waals surface area contributed by atoms with E-state index in [0.29, 0.717) is 45.4 Å². The molecule has 0 aromatic carbocycles. The fourth-order valence-corrected chi connectivity index (χ4v) is 7.80. The van der Waals surface area contributed by atoms with Crippen LogP contribution in [0.3, 0.4) is 0 Å². The maximum absolute atomic E-state index is 12.9. The van der Waals surface area contributed by atoms with Crippen LogP contribution >= 0.6 is 0 Å². The van der Waals surface area contributed by atoms with E-state index in [1.54, 1.807) is 0 Å². The number of alkyl carbamates (subject to hydrolysis) is 4. The minimum Gasteiger partial charge on any atom is -0.459 e. The van der Waals surface area contributed by atoms with Gasteiger partial charge in [0.15, 0.2) is 0 Å². The van der Waals surface area contributed by atoms with Crippen LogP contribution in [0.15, 0.2) is 24.3 Å². The van der Waals surface area contributed by atoms with Gasteiger partial charge >= 0.3 is 36.3 Å². The SMILES string of the molecule is C=C(C)C(=O)OCCOC(=O)NC1CCCC(C)(CNC(=O)OCCC(C)OCCC(C)(C)OC(=O)NCC2(C)CC(NC(=O)OCCOC(=O)C(=C)C)CC(C)(C)C2)C1. The van der Waals surface area contributed by atoms with Crippen molar-refractivity contribution < 1.29 is 61.9 Å². The summed E-state index contributed by atoms with van der Waals surface area (Å²) in [4.78, 5) is 73.1. The van der Waals surface area contributed by atoms with Crippen molar-refractivity contribution in [2.24, 2.45) is 16.2 Å². The van der Waals surface area contributed by atoms with E-state index >= 15 is 0 Å². The third kappa shape index (κ3) is 21.1. The summed E-state index contributed by atoms with van der Waals surface area (Å²) in [6.45, 7) is 24.9. The van der Waals surface area contributed by atoms with Crippen LogP contribution < -0.4 is 21.3 Å². The van der Waals surface area contributed by atoms with Crippen molar-refractivity contribution in [1.82, 2.24) is 21.3 Å². The van der Waals surface area contributed by atoms with Crippen molar-refractivity contribution in [3.63, 3.8) is 0 Å². The second kappa shape index (κ2) is 24.0. The molecule has 0 aliphatic heterocycles. The lowest BCUT2D eigenvalue weighted by Crippen LogP contribution is -2.51. The Bertz CT molecular complexity index is 1500. The van der Waals surface area contributed by atoms with Crippen LogP contribution in [0, 0.1) is 16.2 Å². The highest BCUT2D eigenvalue weighted by Crippen LogP contribution is 2.46. The molecule has 2 aliphatic rings. The number of carbonyl (C=O) groups is 6. The summed E-state index contributed by atoms with van der Waals surface area (Å²) in [5, 5.41) is 11.6. The molecule has 0 aromatic heterocycles. The highest BCUT2D eigenvalue weighted by molar-refractivity contribution is 5.87. The normalized spacial score (nSPS) is 22.8. The standard InChI is InChI=1S/C43H72N4O13/c1-29(2)34(48)55-19-21-58-38(52)46-32-13-12-15-42(10,24-32)27-44-36(50)57-17-14-31(5)54-18-16-41(8,9)60-37(51)45-28-43(11)25-33(23-40(6,7)26-43)47-39(53)59-22-20-56-35(49)30(3)4/h31-33H,1,3,12-28H2,2,4-11H3,(H,44,50)(H,45,51)(H,46,52)(H,47,53). The first kappa shape index (κ1) is 51.6. The Balaban J connectivity index is 1.64. The van der Waals surface area contributed by atoms with Gasteiger partial charge in [-0.05, 0) is 89.4 Å². The third-order valence-electron chi connectivity index (χ3n) is 10.5. The number of hydrogen-bond acceptors (Lipinski definition) is 13. The van der Waals surface area contributed by atoms with Gasteiger partial charge in [0.05, 0.1) is 19.3 Å². The second-order valence-electron chi connectivity index (χ2n) is 18.5. The number of hydrogen-bond donors (Lipinski definition) is 4.